The number of rotatable bonds is 5. The van der Waals surface area contributed by atoms with E-state index < -0.39 is 0 Å². The molecule has 1 N–H and O–H groups in total. The molecular formula is C18H24N4O2. The molecule has 0 radical (unpaired) electrons. The van der Waals surface area contributed by atoms with E-state index in [1.54, 1.807) is 6.20 Å². The van der Waals surface area contributed by atoms with Gasteiger partial charge in [-0.3, -0.25) is 14.5 Å². The summed E-state index contributed by atoms with van der Waals surface area (Å²) in [4.78, 5) is 16.9. The molecule has 0 bridgehead atoms. The predicted octanol–water partition coefficient (Wildman–Crippen LogP) is 1.87. The quantitative estimate of drug-likeness (QED) is 0.910. The second kappa shape index (κ2) is 7.13. The SMILES string of the molecule is Cc1nn(C)c(C)c1[C@H]1OCC[C@@H]1C(=O)NCCc1ccccn1. The van der Waals surface area contributed by atoms with Gasteiger partial charge in [0.05, 0.1) is 17.7 Å². The first-order chi connectivity index (χ1) is 11.6. The maximum absolute atomic E-state index is 12.6. The van der Waals surface area contributed by atoms with Crippen molar-refractivity contribution in [2.75, 3.05) is 13.2 Å². The van der Waals surface area contributed by atoms with E-state index in [2.05, 4.69) is 15.4 Å². The molecule has 1 saturated heterocycles. The third-order valence-corrected chi connectivity index (χ3v) is 4.68. The van der Waals surface area contributed by atoms with Crippen LogP contribution in [0.1, 0.15) is 35.2 Å². The lowest BCUT2D eigenvalue weighted by Gasteiger charge is -2.19. The van der Waals surface area contributed by atoms with E-state index in [1.165, 1.54) is 0 Å². The normalized spacial score (nSPS) is 20.3. The van der Waals surface area contributed by atoms with Gasteiger partial charge in [0.2, 0.25) is 5.91 Å². The third kappa shape index (κ3) is 3.33. The maximum Gasteiger partial charge on any atom is 0.226 e. The van der Waals surface area contributed by atoms with E-state index in [0.717, 1.165) is 35.5 Å². The van der Waals surface area contributed by atoms with Crippen molar-refractivity contribution >= 4 is 5.91 Å². The van der Waals surface area contributed by atoms with Crippen molar-refractivity contribution in [3.63, 3.8) is 0 Å². The first kappa shape index (κ1) is 16.6. The van der Waals surface area contributed by atoms with Crippen LogP contribution in [0.4, 0.5) is 0 Å². The van der Waals surface area contributed by atoms with E-state index in [0.29, 0.717) is 13.2 Å². The second-order valence-corrected chi connectivity index (χ2v) is 6.26. The van der Waals surface area contributed by atoms with Crippen molar-refractivity contribution < 1.29 is 9.53 Å². The van der Waals surface area contributed by atoms with Crippen LogP contribution < -0.4 is 5.32 Å². The molecular weight excluding hydrogens is 304 g/mol. The van der Waals surface area contributed by atoms with Crippen LogP contribution in [0.15, 0.2) is 24.4 Å². The van der Waals surface area contributed by atoms with E-state index in [1.807, 2.05) is 43.8 Å². The fourth-order valence-electron chi connectivity index (χ4n) is 3.34. The van der Waals surface area contributed by atoms with Gasteiger partial charge in [0.15, 0.2) is 0 Å². The first-order valence-electron chi connectivity index (χ1n) is 8.37. The molecule has 6 heteroatoms. The Morgan fingerprint density at radius 3 is 2.92 bits per heavy atom. The van der Waals surface area contributed by atoms with Gasteiger partial charge in [-0.2, -0.15) is 5.10 Å². The molecule has 0 aliphatic carbocycles. The van der Waals surface area contributed by atoms with E-state index in [-0.39, 0.29) is 17.9 Å². The molecule has 2 aromatic rings. The topological polar surface area (TPSA) is 69.0 Å². The minimum absolute atomic E-state index is 0.0519. The molecule has 0 unspecified atom stereocenters. The molecule has 24 heavy (non-hydrogen) atoms. The number of hydrogen-bond acceptors (Lipinski definition) is 4. The molecule has 0 spiro atoms. The number of aryl methyl sites for hydroxylation is 2. The number of pyridine rings is 1. The van der Waals surface area contributed by atoms with Gasteiger partial charge in [-0.15, -0.1) is 0 Å². The van der Waals surface area contributed by atoms with Gasteiger partial charge >= 0.3 is 0 Å². The zero-order valence-electron chi connectivity index (χ0n) is 14.5. The lowest BCUT2D eigenvalue weighted by atomic mass is 9.93. The summed E-state index contributed by atoms with van der Waals surface area (Å²) in [6, 6.07) is 5.82. The Morgan fingerprint density at radius 2 is 2.25 bits per heavy atom. The minimum Gasteiger partial charge on any atom is -0.373 e. The molecule has 1 aliphatic rings. The Bertz CT molecular complexity index is 711. The Balaban J connectivity index is 1.63. The number of amides is 1. The summed E-state index contributed by atoms with van der Waals surface area (Å²) in [7, 11) is 1.92. The Kier molecular flexibility index (Phi) is 4.94. The van der Waals surface area contributed by atoms with Gasteiger partial charge in [-0.25, -0.2) is 0 Å². The zero-order chi connectivity index (χ0) is 17.1. The number of nitrogens with zero attached hydrogens (tertiary/aromatic N) is 3. The van der Waals surface area contributed by atoms with Crippen molar-refractivity contribution in [1.29, 1.82) is 0 Å². The maximum atomic E-state index is 12.6. The smallest absolute Gasteiger partial charge is 0.226 e. The Labute approximate surface area is 142 Å². The van der Waals surface area contributed by atoms with E-state index in [9.17, 15) is 4.79 Å². The largest absolute Gasteiger partial charge is 0.373 e. The molecule has 0 aromatic carbocycles. The van der Waals surface area contributed by atoms with Gasteiger partial charge in [0, 0.05) is 49.8 Å². The van der Waals surface area contributed by atoms with Crippen LogP contribution in [0, 0.1) is 19.8 Å². The summed E-state index contributed by atoms with van der Waals surface area (Å²) in [5.41, 5.74) is 4.04. The average Bonchev–Trinajstić information content (AvgIpc) is 3.13. The summed E-state index contributed by atoms with van der Waals surface area (Å²) in [5, 5.41) is 7.48. The van der Waals surface area contributed by atoms with Gasteiger partial charge in [-0.05, 0) is 32.4 Å². The third-order valence-electron chi connectivity index (χ3n) is 4.68. The van der Waals surface area contributed by atoms with Crippen LogP contribution in [0.25, 0.3) is 0 Å². The van der Waals surface area contributed by atoms with Crippen molar-refractivity contribution in [2.24, 2.45) is 13.0 Å². The Morgan fingerprint density at radius 1 is 1.42 bits per heavy atom. The number of carbonyl (C=O) groups is 1. The number of carbonyl (C=O) groups excluding carboxylic acids is 1. The minimum atomic E-state index is -0.200. The Hall–Kier alpha value is -2.21. The summed E-state index contributed by atoms with van der Waals surface area (Å²) < 4.78 is 7.74. The van der Waals surface area contributed by atoms with Gasteiger partial charge < -0.3 is 10.1 Å². The van der Waals surface area contributed by atoms with Crippen LogP contribution in [0.5, 0.6) is 0 Å². The fraction of sp³-hybridized carbons (Fsp3) is 0.500. The highest BCUT2D eigenvalue weighted by Crippen LogP contribution is 2.37. The molecule has 1 fully saturated rings. The molecule has 1 amide bonds. The summed E-state index contributed by atoms with van der Waals surface area (Å²) in [6.07, 6.45) is 3.05. The van der Waals surface area contributed by atoms with Crippen molar-refractivity contribution in [1.82, 2.24) is 20.1 Å². The van der Waals surface area contributed by atoms with Crippen LogP contribution >= 0.6 is 0 Å². The number of aromatic nitrogens is 3. The zero-order valence-corrected chi connectivity index (χ0v) is 14.5. The molecule has 2 aromatic heterocycles. The average molecular weight is 328 g/mol. The lowest BCUT2D eigenvalue weighted by molar-refractivity contribution is -0.126. The van der Waals surface area contributed by atoms with E-state index in [4.69, 9.17) is 4.74 Å². The van der Waals surface area contributed by atoms with Crippen molar-refractivity contribution in [3.8, 4) is 0 Å². The number of nitrogens with one attached hydrogen (secondary N) is 1. The monoisotopic (exact) mass is 328 g/mol. The highest BCUT2D eigenvalue weighted by molar-refractivity contribution is 5.79. The number of ether oxygens (including phenoxy) is 1. The molecule has 3 heterocycles. The highest BCUT2D eigenvalue weighted by atomic mass is 16.5. The van der Waals surface area contributed by atoms with E-state index >= 15 is 0 Å². The van der Waals surface area contributed by atoms with Gasteiger partial charge in [-0.1, -0.05) is 6.07 Å². The predicted molar refractivity (Wildman–Crippen MR) is 90.4 cm³/mol. The number of hydrogen-bond donors (Lipinski definition) is 1. The van der Waals surface area contributed by atoms with Gasteiger partial charge in [0.1, 0.15) is 0 Å². The van der Waals surface area contributed by atoms with Crippen LogP contribution in [-0.2, 0) is 23.0 Å². The molecule has 2 atom stereocenters. The highest BCUT2D eigenvalue weighted by Gasteiger charge is 2.37. The summed E-state index contributed by atoms with van der Waals surface area (Å²) in [6.45, 7) is 5.19. The summed E-state index contributed by atoms with van der Waals surface area (Å²) >= 11 is 0. The molecule has 6 nitrogen and oxygen atoms in total. The second-order valence-electron chi connectivity index (χ2n) is 6.26. The van der Waals surface area contributed by atoms with Crippen molar-refractivity contribution in [2.45, 2.75) is 32.8 Å². The molecule has 0 saturated carbocycles. The molecule has 128 valence electrons. The van der Waals surface area contributed by atoms with Crippen molar-refractivity contribution in [3.05, 3.63) is 47.0 Å². The molecule has 3 rings (SSSR count). The lowest BCUT2D eigenvalue weighted by Crippen LogP contribution is -2.34. The summed E-state index contributed by atoms with van der Waals surface area (Å²) in [5.74, 6) is -0.105. The van der Waals surface area contributed by atoms with Crippen LogP contribution in [-0.4, -0.2) is 33.8 Å². The first-order valence-corrected chi connectivity index (χ1v) is 8.37. The standard InChI is InChI=1S/C18H24N4O2/c1-12-16(13(2)22(3)21-12)17-15(8-11-24-17)18(23)20-10-7-14-6-4-5-9-19-14/h4-6,9,15,17H,7-8,10-11H2,1-3H3,(H,20,23)/t15-,17-/m0/s1. The van der Waals surface area contributed by atoms with Crippen LogP contribution in [0.2, 0.25) is 0 Å². The molecule has 1 aliphatic heterocycles. The fourth-order valence-corrected chi connectivity index (χ4v) is 3.34. The van der Waals surface area contributed by atoms with Crippen LogP contribution in [0.3, 0.4) is 0 Å². The van der Waals surface area contributed by atoms with Gasteiger partial charge in [0.25, 0.3) is 0 Å².